The summed E-state index contributed by atoms with van der Waals surface area (Å²) < 4.78 is 9.72. The van der Waals surface area contributed by atoms with Gasteiger partial charge in [0.15, 0.2) is 0 Å². The average Bonchev–Trinajstić information content (AvgIpc) is 2.38. The lowest BCUT2D eigenvalue weighted by molar-refractivity contribution is -0.142. The minimum Gasteiger partial charge on any atom is -0.469 e. The molecule has 2 N–H and O–H groups in total. The van der Waals surface area contributed by atoms with Crippen LogP contribution in [0.2, 0.25) is 0 Å². The number of amides is 1. The molecule has 0 aromatic heterocycles. The van der Waals surface area contributed by atoms with Gasteiger partial charge in [-0.05, 0) is 44.9 Å². The van der Waals surface area contributed by atoms with Gasteiger partial charge in [0.2, 0.25) is 0 Å². The van der Waals surface area contributed by atoms with Gasteiger partial charge < -0.3 is 14.6 Å². The number of esters is 1. The number of rotatable bonds is 4. The van der Waals surface area contributed by atoms with Gasteiger partial charge in [-0.25, -0.2) is 4.79 Å². The molecular weight excluding hydrogens is 286 g/mol. The number of nitrogens with one attached hydrogen (secondary N) is 1. The highest BCUT2D eigenvalue weighted by Gasteiger charge is 2.18. The van der Waals surface area contributed by atoms with Gasteiger partial charge in [-0.1, -0.05) is 12.1 Å². The molecule has 1 rings (SSSR count). The number of aryl methyl sites for hydroxylation is 1. The number of methoxy groups -OCH3 is 1. The normalized spacial score (nSPS) is 12.5. The number of benzene rings is 1. The molecule has 0 bridgehead atoms. The zero-order valence-corrected chi connectivity index (χ0v) is 13.6. The number of carbonyl (C=O) groups is 2. The second kappa shape index (κ2) is 7.26. The van der Waals surface area contributed by atoms with E-state index < -0.39 is 23.8 Å². The van der Waals surface area contributed by atoms with Gasteiger partial charge in [-0.2, -0.15) is 0 Å². The fraction of sp³-hybridized carbons (Fsp3) is 0.500. The van der Waals surface area contributed by atoms with Crippen molar-refractivity contribution >= 4 is 17.7 Å². The molecule has 1 aromatic rings. The molecule has 122 valence electrons. The SMILES string of the molecule is COC(=O)C[C@@H](O)c1ccc(C)c(NC(=O)OC(C)(C)C)c1. The molecule has 1 aromatic carbocycles. The maximum atomic E-state index is 11.8. The van der Waals surface area contributed by atoms with E-state index >= 15 is 0 Å². The maximum Gasteiger partial charge on any atom is 0.412 e. The molecule has 0 unspecified atom stereocenters. The van der Waals surface area contributed by atoms with E-state index in [1.807, 2.05) is 6.92 Å². The summed E-state index contributed by atoms with van der Waals surface area (Å²) in [6.45, 7) is 7.14. The third-order valence-corrected chi connectivity index (χ3v) is 2.87. The third kappa shape index (κ3) is 5.73. The van der Waals surface area contributed by atoms with Crippen molar-refractivity contribution in [2.45, 2.75) is 45.8 Å². The summed E-state index contributed by atoms with van der Waals surface area (Å²) in [5.41, 5.74) is 1.26. The van der Waals surface area contributed by atoms with Crippen LogP contribution in [0, 0.1) is 6.92 Å². The Balaban J connectivity index is 2.86. The van der Waals surface area contributed by atoms with Crippen LogP contribution in [-0.2, 0) is 14.3 Å². The minimum absolute atomic E-state index is 0.147. The van der Waals surface area contributed by atoms with E-state index in [0.29, 0.717) is 11.3 Å². The standard InChI is InChI=1S/C16H23NO5/c1-10-6-7-11(13(18)9-14(19)21-5)8-12(10)17-15(20)22-16(2,3)4/h6-8,13,18H,9H2,1-5H3,(H,17,20)/t13-/m1/s1. The number of anilines is 1. The van der Waals surface area contributed by atoms with Crippen molar-refractivity contribution in [2.75, 3.05) is 12.4 Å². The average molecular weight is 309 g/mol. The lowest BCUT2D eigenvalue weighted by Gasteiger charge is -2.20. The van der Waals surface area contributed by atoms with E-state index in [-0.39, 0.29) is 6.42 Å². The van der Waals surface area contributed by atoms with E-state index in [4.69, 9.17) is 4.74 Å². The Labute approximate surface area is 130 Å². The lowest BCUT2D eigenvalue weighted by Crippen LogP contribution is -2.27. The number of aliphatic hydroxyl groups excluding tert-OH is 1. The maximum absolute atomic E-state index is 11.8. The van der Waals surface area contributed by atoms with E-state index in [9.17, 15) is 14.7 Å². The molecule has 6 heteroatoms. The molecule has 0 aliphatic rings. The van der Waals surface area contributed by atoms with E-state index in [1.165, 1.54) is 7.11 Å². The van der Waals surface area contributed by atoms with Crippen LogP contribution in [0.5, 0.6) is 0 Å². The van der Waals surface area contributed by atoms with Crippen LogP contribution in [0.1, 0.15) is 44.4 Å². The van der Waals surface area contributed by atoms with Crippen molar-refractivity contribution in [1.29, 1.82) is 0 Å². The first-order valence-corrected chi connectivity index (χ1v) is 6.98. The highest BCUT2D eigenvalue weighted by Crippen LogP contribution is 2.24. The van der Waals surface area contributed by atoms with Crippen LogP contribution < -0.4 is 5.32 Å². The van der Waals surface area contributed by atoms with Crippen molar-refractivity contribution in [3.8, 4) is 0 Å². The second-order valence-electron chi connectivity index (χ2n) is 6.00. The van der Waals surface area contributed by atoms with E-state index in [0.717, 1.165) is 5.56 Å². The van der Waals surface area contributed by atoms with Crippen LogP contribution in [0.15, 0.2) is 18.2 Å². The highest BCUT2D eigenvalue weighted by atomic mass is 16.6. The van der Waals surface area contributed by atoms with Crippen LogP contribution in [-0.4, -0.2) is 29.9 Å². The van der Waals surface area contributed by atoms with Crippen LogP contribution in [0.25, 0.3) is 0 Å². The van der Waals surface area contributed by atoms with Crippen molar-refractivity contribution in [3.63, 3.8) is 0 Å². The summed E-state index contributed by atoms with van der Waals surface area (Å²) >= 11 is 0. The number of hydrogen-bond donors (Lipinski definition) is 2. The Hall–Kier alpha value is -2.08. The zero-order valence-electron chi connectivity index (χ0n) is 13.6. The van der Waals surface area contributed by atoms with Gasteiger partial charge in [0.05, 0.1) is 19.6 Å². The quantitative estimate of drug-likeness (QED) is 0.835. The number of carbonyl (C=O) groups excluding carboxylic acids is 2. The minimum atomic E-state index is -0.993. The Morgan fingerprint density at radius 1 is 1.32 bits per heavy atom. The van der Waals surface area contributed by atoms with Gasteiger partial charge in [0.25, 0.3) is 0 Å². The smallest absolute Gasteiger partial charge is 0.412 e. The van der Waals surface area contributed by atoms with Gasteiger partial charge >= 0.3 is 12.1 Å². The molecule has 0 fully saturated rings. The predicted octanol–water partition coefficient (Wildman–Crippen LogP) is 2.94. The second-order valence-corrected chi connectivity index (χ2v) is 6.00. The third-order valence-electron chi connectivity index (χ3n) is 2.87. The largest absolute Gasteiger partial charge is 0.469 e. The Morgan fingerprint density at radius 2 is 1.95 bits per heavy atom. The van der Waals surface area contributed by atoms with E-state index in [1.54, 1.807) is 39.0 Å². The van der Waals surface area contributed by atoms with Gasteiger partial charge in [0, 0.05) is 5.69 Å². The lowest BCUT2D eigenvalue weighted by atomic mass is 10.0. The molecular formula is C16H23NO5. The number of aliphatic hydroxyl groups is 1. The summed E-state index contributed by atoms with van der Waals surface area (Å²) in [7, 11) is 1.26. The summed E-state index contributed by atoms with van der Waals surface area (Å²) in [5, 5.41) is 12.7. The molecule has 1 atom stereocenters. The van der Waals surface area contributed by atoms with Crippen molar-refractivity contribution in [3.05, 3.63) is 29.3 Å². The Bertz CT molecular complexity index is 548. The number of hydrogen-bond acceptors (Lipinski definition) is 5. The monoisotopic (exact) mass is 309 g/mol. The van der Waals surface area contributed by atoms with Crippen molar-refractivity contribution in [2.24, 2.45) is 0 Å². The van der Waals surface area contributed by atoms with Crippen LogP contribution in [0.3, 0.4) is 0 Å². The summed E-state index contributed by atoms with van der Waals surface area (Å²) in [5.74, 6) is -0.505. The Kier molecular flexibility index (Phi) is 5.93. The molecule has 0 aliphatic heterocycles. The first-order valence-electron chi connectivity index (χ1n) is 6.98. The summed E-state index contributed by atoms with van der Waals surface area (Å²) in [6, 6.07) is 5.07. The molecule has 0 aliphatic carbocycles. The molecule has 0 radical (unpaired) electrons. The first-order chi connectivity index (χ1) is 10.1. The first kappa shape index (κ1) is 18.0. The fourth-order valence-corrected chi connectivity index (χ4v) is 1.75. The zero-order chi connectivity index (χ0) is 16.9. The van der Waals surface area contributed by atoms with Crippen LogP contribution in [0.4, 0.5) is 10.5 Å². The molecule has 0 saturated carbocycles. The molecule has 0 heterocycles. The molecule has 6 nitrogen and oxygen atoms in total. The predicted molar refractivity (Wildman–Crippen MR) is 82.6 cm³/mol. The number of ether oxygens (including phenoxy) is 2. The fourth-order valence-electron chi connectivity index (χ4n) is 1.75. The topological polar surface area (TPSA) is 84.9 Å². The highest BCUT2D eigenvalue weighted by molar-refractivity contribution is 5.86. The van der Waals surface area contributed by atoms with E-state index in [2.05, 4.69) is 10.1 Å². The summed E-state index contributed by atoms with van der Waals surface area (Å²) in [6.07, 6.45) is -1.71. The Morgan fingerprint density at radius 3 is 2.50 bits per heavy atom. The van der Waals surface area contributed by atoms with Crippen molar-refractivity contribution < 1.29 is 24.2 Å². The molecule has 1 amide bonds. The summed E-state index contributed by atoms with van der Waals surface area (Å²) in [4.78, 5) is 23.0. The molecule has 22 heavy (non-hydrogen) atoms. The van der Waals surface area contributed by atoms with Gasteiger partial charge in [-0.15, -0.1) is 0 Å². The van der Waals surface area contributed by atoms with Gasteiger partial charge in [0.1, 0.15) is 5.60 Å². The van der Waals surface area contributed by atoms with Crippen molar-refractivity contribution in [1.82, 2.24) is 0 Å². The van der Waals surface area contributed by atoms with Crippen LogP contribution >= 0.6 is 0 Å². The molecule has 0 spiro atoms. The molecule has 0 saturated heterocycles. The van der Waals surface area contributed by atoms with Gasteiger partial charge in [-0.3, -0.25) is 10.1 Å².